The molecular formula is C15H20O3. The zero-order valence-corrected chi connectivity index (χ0v) is 11.0. The van der Waals surface area contributed by atoms with E-state index in [2.05, 4.69) is 6.92 Å². The molecule has 0 atom stereocenters. The Morgan fingerprint density at radius 2 is 1.89 bits per heavy atom. The molecule has 0 aliphatic carbocycles. The maximum absolute atomic E-state index is 11.7. The van der Waals surface area contributed by atoms with Crippen LogP contribution in [-0.2, 0) is 14.3 Å². The average Bonchev–Trinajstić information content (AvgIpc) is 2.39. The van der Waals surface area contributed by atoms with Gasteiger partial charge in [-0.15, -0.1) is 0 Å². The smallest absolute Gasteiger partial charge is 0.373 e. The summed E-state index contributed by atoms with van der Waals surface area (Å²) in [5, 5.41) is 0. The van der Waals surface area contributed by atoms with Crippen LogP contribution in [0.15, 0.2) is 36.1 Å². The summed E-state index contributed by atoms with van der Waals surface area (Å²) in [6, 6.07) is 9.60. The SMILES string of the molecule is CCCCOC(=Cc1ccccc1)C(=O)OCC. The van der Waals surface area contributed by atoms with E-state index in [1.807, 2.05) is 30.3 Å². The number of carbonyl (C=O) groups is 1. The minimum Gasteiger partial charge on any atom is -0.487 e. The minimum atomic E-state index is -0.405. The van der Waals surface area contributed by atoms with Crippen LogP contribution in [0.5, 0.6) is 0 Å². The van der Waals surface area contributed by atoms with Gasteiger partial charge in [0.25, 0.3) is 0 Å². The Morgan fingerprint density at radius 3 is 2.50 bits per heavy atom. The Kier molecular flexibility index (Phi) is 6.62. The van der Waals surface area contributed by atoms with E-state index in [0.29, 0.717) is 13.2 Å². The summed E-state index contributed by atoms with van der Waals surface area (Å²) < 4.78 is 10.5. The molecule has 0 aliphatic rings. The lowest BCUT2D eigenvalue weighted by atomic mass is 10.2. The Bertz CT molecular complexity index is 382. The molecule has 0 heterocycles. The number of rotatable bonds is 7. The Labute approximate surface area is 108 Å². The van der Waals surface area contributed by atoms with Crippen molar-refractivity contribution in [3.05, 3.63) is 41.7 Å². The highest BCUT2D eigenvalue weighted by molar-refractivity contribution is 5.91. The second-order valence-corrected chi connectivity index (χ2v) is 3.84. The van der Waals surface area contributed by atoms with Crippen LogP contribution < -0.4 is 0 Å². The van der Waals surface area contributed by atoms with Crippen molar-refractivity contribution in [2.45, 2.75) is 26.7 Å². The van der Waals surface area contributed by atoms with Crippen molar-refractivity contribution in [3.8, 4) is 0 Å². The highest BCUT2D eigenvalue weighted by Crippen LogP contribution is 2.10. The van der Waals surface area contributed by atoms with E-state index in [1.165, 1.54) is 0 Å². The number of benzene rings is 1. The lowest BCUT2D eigenvalue weighted by Gasteiger charge is -2.09. The summed E-state index contributed by atoms with van der Waals surface area (Å²) in [5.41, 5.74) is 0.928. The Morgan fingerprint density at radius 1 is 1.17 bits per heavy atom. The predicted octanol–water partition coefficient (Wildman–Crippen LogP) is 3.41. The molecule has 0 bridgehead atoms. The third-order valence-corrected chi connectivity index (χ3v) is 2.33. The van der Waals surface area contributed by atoms with E-state index in [-0.39, 0.29) is 5.76 Å². The van der Waals surface area contributed by atoms with Crippen molar-refractivity contribution in [2.75, 3.05) is 13.2 Å². The van der Waals surface area contributed by atoms with E-state index in [0.717, 1.165) is 18.4 Å². The van der Waals surface area contributed by atoms with E-state index < -0.39 is 5.97 Å². The van der Waals surface area contributed by atoms with Crippen LogP contribution >= 0.6 is 0 Å². The van der Waals surface area contributed by atoms with Gasteiger partial charge in [-0.1, -0.05) is 43.7 Å². The van der Waals surface area contributed by atoms with Gasteiger partial charge in [0.15, 0.2) is 0 Å². The maximum atomic E-state index is 11.7. The second kappa shape index (κ2) is 8.34. The van der Waals surface area contributed by atoms with Crippen molar-refractivity contribution in [3.63, 3.8) is 0 Å². The van der Waals surface area contributed by atoms with E-state index in [1.54, 1.807) is 13.0 Å². The third kappa shape index (κ3) is 5.04. The number of carbonyl (C=O) groups excluding carboxylic acids is 1. The summed E-state index contributed by atoms with van der Waals surface area (Å²) >= 11 is 0. The molecule has 0 N–H and O–H groups in total. The molecule has 0 saturated heterocycles. The minimum absolute atomic E-state index is 0.275. The van der Waals surface area contributed by atoms with Crippen molar-refractivity contribution in [2.24, 2.45) is 0 Å². The highest BCUT2D eigenvalue weighted by atomic mass is 16.6. The molecule has 0 unspecified atom stereocenters. The molecule has 0 amide bonds. The summed E-state index contributed by atoms with van der Waals surface area (Å²) in [4.78, 5) is 11.7. The van der Waals surface area contributed by atoms with Crippen LogP contribution in [-0.4, -0.2) is 19.2 Å². The molecule has 0 saturated carbocycles. The lowest BCUT2D eigenvalue weighted by Crippen LogP contribution is -2.11. The van der Waals surface area contributed by atoms with Crippen LogP contribution in [0.2, 0.25) is 0 Å². The molecule has 1 aromatic rings. The molecule has 18 heavy (non-hydrogen) atoms. The number of unbranched alkanes of at least 4 members (excludes halogenated alkanes) is 1. The quantitative estimate of drug-likeness (QED) is 0.321. The molecule has 0 radical (unpaired) electrons. The molecular weight excluding hydrogens is 228 g/mol. The standard InChI is InChI=1S/C15H20O3/c1-3-5-11-18-14(15(16)17-4-2)12-13-9-7-6-8-10-13/h6-10,12H,3-5,11H2,1-2H3. The number of hydrogen-bond acceptors (Lipinski definition) is 3. The molecule has 0 aliphatic heterocycles. The van der Waals surface area contributed by atoms with Crippen LogP contribution in [0, 0.1) is 0 Å². The van der Waals surface area contributed by atoms with Crippen molar-refractivity contribution in [1.82, 2.24) is 0 Å². The molecule has 0 aromatic heterocycles. The summed E-state index contributed by atoms with van der Waals surface area (Å²) in [6.07, 6.45) is 3.67. The second-order valence-electron chi connectivity index (χ2n) is 3.84. The van der Waals surface area contributed by atoms with E-state index in [4.69, 9.17) is 9.47 Å². The van der Waals surface area contributed by atoms with Gasteiger partial charge in [0, 0.05) is 0 Å². The van der Waals surface area contributed by atoms with Crippen molar-refractivity contribution >= 4 is 12.0 Å². The molecule has 98 valence electrons. The molecule has 0 fully saturated rings. The highest BCUT2D eigenvalue weighted by Gasteiger charge is 2.11. The van der Waals surface area contributed by atoms with Crippen LogP contribution in [0.25, 0.3) is 6.08 Å². The van der Waals surface area contributed by atoms with Crippen LogP contribution in [0.3, 0.4) is 0 Å². The number of esters is 1. The largest absolute Gasteiger partial charge is 0.487 e. The normalized spacial score (nSPS) is 11.1. The van der Waals surface area contributed by atoms with Gasteiger partial charge in [-0.3, -0.25) is 0 Å². The summed E-state index contributed by atoms with van der Waals surface area (Å²) in [5.74, 6) is -0.131. The first-order valence-corrected chi connectivity index (χ1v) is 6.34. The topological polar surface area (TPSA) is 35.5 Å². The molecule has 1 rings (SSSR count). The van der Waals surface area contributed by atoms with Gasteiger partial charge in [-0.05, 0) is 25.0 Å². The van der Waals surface area contributed by atoms with Gasteiger partial charge in [0.05, 0.1) is 13.2 Å². The fraction of sp³-hybridized carbons (Fsp3) is 0.400. The van der Waals surface area contributed by atoms with E-state index in [9.17, 15) is 4.79 Å². The summed E-state index contributed by atoms with van der Waals surface area (Å²) in [7, 11) is 0. The first kappa shape index (κ1) is 14.3. The van der Waals surface area contributed by atoms with Crippen LogP contribution in [0.4, 0.5) is 0 Å². The monoisotopic (exact) mass is 248 g/mol. The average molecular weight is 248 g/mol. The van der Waals surface area contributed by atoms with Gasteiger partial charge in [0.2, 0.25) is 5.76 Å². The van der Waals surface area contributed by atoms with Crippen molar-refractivity contribution in [1.29, 1.82) is 0 Å². The van der Waals surface area contributed by atoms with Gasteiger partial charge in [-0.25, -0.2) is 4.79 Å². The maximum Gasteiger partial charge on any atom is 0.373 e. The number of ether oxygens (including phenoxy) is 2. The molecule has 3 nitrogen and oxygen atoms in total. The first-order chi connectivity index (χ1) is 8.77. The van der Waals surface area contributed by atoms with Gasteiger partial charge < -0.3 is 9.47 Å². The predicted molar refractivity (Wildman–Crippen MR) is 71.9 cm³/mol. The first-order valence-electron chi connectivity index (χ1n) is 6.34. The third-order valence-electron chi connectivity index (χ3n) is 2.33. The summed E-state index contributed by atoms with van der Waals surface area (Å²) in [6.45, 7) is 4.74. The van der Waals surface area contributed by atoms with Crippen molar-refractivity contribution < 1.29 is 14.3 Å². The Hall–Kier alpha value is -1.77. The molecule has 1 aromatic carbocycles. The zero-order valence-electron chi connectivity index (χ0n) is 11.0. The lowest BCUT2D eigenvalue weighted by molar-refractivity contribution is -0.142. The Balaban J connectivity index is 2.76. The number of hydrogen-bond donors (Lipinski definition) is 0. The van der Waals surface area contributed by atoms with Gasteiger partial charge in [0.1, 0.15) is 0 Å². The molecule has 3 heteroatoms. The van der Waals surface area contributed by atoms with Gasteiger partial charge >= 0.3 is 5.97 Å². The molecule has 0 spiro atoms. The van der Waals surface area contributed by atoms with E-state index >= 15 is 0 Å². The fourth-order valence-corrected chi connectivity index (χ4v) is 1.39. The fourth-order valence-electron chi connectivity index (χ4n) is 1.39. The zero-order chi connectivity index (χ0) is 13.2. The van der Waals surface area contributed by atoms with Gasteiger partial charge in [-0.2, -0.15) is 0 Å². The van der Waals surface area contributed by atoms with Crippen LogP contribution in [0.1, 0.15) is 32.3 Å².